The molecule has 0 heterocycles. The Balaban J connectivity index is 1.77. The average Bonchev–Trinajstić information content (AvgIpc) is 2.95. The molecule has 0 saturated heterocycles. The van der Waals surface area contributed by atoms with Gasteiger partial charge in [0.2, 0.25) is 0 Å². The molecule has 0 radical (unpaired) electrons. The number of hydrogen-bond donors (Lipinski definition) is 1. The molecule has 2 saturated carbocycles. The summed E-state index contributed by atoms with van der Waals surface area (Å²) in [6.45, 7) is 3.42. The van der Waals surface area contributed by atoms with Crippen molar-refractivity contribution >= 4 is 0 Å². The molecule has 1 unspecified atom stereocenters. The van der Waals surface area contributed by atoms with E-state index in [0.717, 1.165) is 18.4 Å². The zero-order chi connectivity index (χ0) is 14.5. The maximum absolute atomic E-state index is 3.86. The molecule has 0 aromatic heterocycles. The molecule has 1 atom stereocenters. The fraction of sp³-hybridized carbons (Fsp3) is 0.700. The third kappa shape index (κ3) is 3.69. The summed E-state index contributed by atoms with van der Waals surface area (Å²) in [5.41, 5.74) is 3.26. The van der Waals surface area contributed by atoms with Gasteiger partial charge in [0.15, 0.2) is 0 Å². The smallest absolute Gasteiger partial charge is 0.0325 e. The van der Waals surface area contributed by atoms with Crippen LogP contribution in [0.5, 0.6) is 0 Å². The fourth-order valence-corrected chi connectivity index (χ4v) is 4.14. The molecular weight excluding hydrogens is 254 g/mol. The van der Waals surface area contributed by atoms with Crippen molar-refractivity contribution in [3.05, 3.63) is 35.4 Å². The predicted molar refractivity (Wildman–Crippen MR) is 90.6 cm³/mol. The van der Waals surface area contributed by atoms with Crippen LogP contribution in [0, 0.1) is 5.92 Å². The molecule has 116 valence electrons. The largest absolute Gasteiger partial charge is 0.310 e. The van der Waals surface area contributed by atoms with Crippen LogP contribution in [0.15, 0.2) is 24.3 Å². The molecule has 1 heteroatoms. The zero-order valence-electron chi connectivity index (χ0n) is 13.6. The number of nitrogens with one attached hydrogen (secondary N) is 1. The lowest BCUT2D eigenvalue weighted by Crippen LogP contribution is -2.26. The van der Waals surface area contributed by atoms with E-state index in [9.17, 15) is 0 Å². The summed E-state index contributed by atoms with van der Waals surface area (Å²) in [5.74, 6) is 1.80. The normalized spacial score (nSPS) is 21.4. The van der Waals surface area contributed by atoms with Crippen molar-refractivity contribution in [3.63, 3.8) is 0 Å². The second kappa shape index (κ2) is 7.45. The molecule has 2 aliphatic rings. The van der Waals surface area contributed by atoms with Gasteiger partial charge in [0.1, 0.15) is 0 Å². The van der Waals surface area contributed by atoms with Gasteiger partial charge in [0.05, 0.1) is 0 Å². The molecule has 2 aliphatic carbocycles. The summed E-state index contributed by atoms with van der Waals surface area (Å²) in [5, 5.41) is 3.86. The van der Waals surface area contributed by atoms with Gasteiger partial charge >= 0.3 is 0 Å². The van der Waals surface area contributed by atoms with E-state index < -0.39 is 0 Å². The van der Waals surface area contributed by atoms with E-state index in [1.165, 1.54) is 57.8 Å². The minimum Gasteiger partial charge on any atom is -0.310 e. The Bertz CT molecular complexity index is 429. The number of hydrogen-bond acceptors (Lipinski definition) is 1. The van der Waals surface area contributed by atoms with Crippen LogP contribution in [-0.2, 0) is 0 Å². The van der Waals surface area contributed by atoms with Gasteiger partial charge in [0, 0.05) is 6.04 Å². The fourth-order valence-electron chi connectivity index (χ4n) is 4.14. The Labute approximate surface area is 130 Å². The maximum Gasteiger partial charge on any atom is 0.0325 e. The second-order valence-corrected chi connectivity index (χ2v) is 7.15. The molecule has 21 heavy (non-hydrogen) atoms. The van der Waals surface area contributed by atoms with E-state index in [0.29, 0.717) is 6.04 Å². The minimum absolute atomic E-state index is 0.588. The molecule has 2 fully saturated rings. The summed E-state index contributed by atoms with van der Waals surface area (Å²) < 4.78 is 0. The Morgan fingerprint density at radius 3 is 2.48 bits per heavy atom. The van der Waals surface area contributed by atoms with Gasteiger partial charge in [0.25, 0.3) is 0 Å². The summed E-state index contributed by atoms with van der Waals surface area (Å²) in [6, 6.07) is 9.87. The monoisotopic (exact) mass is 285 g/mol. The second-order valence-electron chi connectivity index (χ2n) is 7.15. The lowest BCUT2D eigenvalue weighted by molar-refractivity contribution is 0.378. The first-order valence-electron chi connectivity index (χ1n) is 9.20. The lowest BCUT2D eigenvalue weighted by atomic mass is 9.76. The first-order valence-corrected chi connectivity index (χ1v) is 9.20. The molecule has 1 nitrogen and oxygen atoms in total. The third-order valence-corrected chi connectivity index (χ3v) is 5.60. The van der Waals surface area contributed by atoms with Crippen molar-refractivity contribution in [2.24, 2.45) is 5.92 Å². The third-order valence-electron chi connectivity index (χ3n) is 5.60. The van der Waals surface area contributed by atoms with Gasteiger partial charge < -0.3 is 5.32 Å². The van der Waals surface area contributed by atoms with Crippen molar-refractivity contribution in [1.29, 1.82) is 0 Å². The summed E-state index contributed by atoms with van der Waals surface area (Å²) in [6.07, 6.45) is 12.6. The highest BCUT2D eigenvalue weighted by Gasteiger charge is 2.27. The molecule has 1 aromatic carbocycles. The Hall–Kier alpha value is -0.820. The molecule has 0 amide bonds. The van der Waals surface area contributed by atoms with E-state index >= 15 is 0 Å². The minimum atomic E-state index is 0.588. The standard InChI is InChI=1S/C20H31N/c1-2-14-21-20(15-16-8-3-4-9-16)19-13-6-5-12-18(19)17-10-7-11-17/h5-6,12-13,16-17,20-21H,2-4,7-11,14-15H2,1H3. The first-order chi connectivity index (χ1) is 10.4. The van der Waals surface area contributed by atoms with Gasteiger partial charge in [-0.2, -0.15) is 0 Å². The molecule has 0 spiro atoms. The molecule has 3 rings (SSSR count). The SMILES string of the molecule is CCCNC(CC1CCCC1)c1ccccc1C1CCC1. The summed E-state index contributed by atoms with van der Waals surface area (Å²) >= 11 is 0. The van der Waals surface area contributed by atoms with E-state index in [-0.39, 0.29) is 0 Å². The van der Waals surface area contributed by atoms with Gasteiger partial charge in [-0.1, -0.05) is 63.3 Å². The van der Waals surface area contributed by atoms with Crippen molar-refractivity contribution in [1.82, 2.24) is 5.32 Å². The van der Waals surface area contributed by atoms with Crippen molar-refractivity contribution in [2.45, 2.75) is 76.7 Å². The molecule has 1 N–H and O–H groups in total. The van der Waals surface area contributed by atoms with Gasteiger partial charge in [-0.3, -0.25) is 0 Å². The molecule has 1 aromatic rings. The predicted octanol–water partition coefficient (Wildman–Crippen LogP) is 5.58. The average molecular weight is 285 g/mol. The van der Waals surface area contributed by atoms with Crippen LogP contribution < -0.4 is 5.32 Å². The van der Waals surface area contributed by atoms with Crippen LogP contribution in [0.2, 0.25) is 0 Å². The Kier molecular flexibility index (Phi) is 5.35. The first kappa shape index (κ1) is 15.1. The highest BCUT2D eigenvalue weighted by atomic mass is 14.9. The Morgan fingerprint density at radius 2 is 1.81 bits per heavy atom. The van der Waals surface area contributed by atoms with Crippen molar-refractivity contribution in [3.8, 4) is 0 Å². The van der Waals surface area contributed by atoms with Crippen LogP contribution in [-0.4, -0.2) is 6.54 Å². The van der Waals surface area contributed by atoms with Crippen molar-refractivity contribution < 1.29 is 0 Å². The van der Waals surface area contributed by atoms with Crippen LogP contribution in [0.4, 0.5) is 0 Å². The van der Waals surface area contributed by atoms with E-state index in [4.69, 9.17) is 0 Å². The molecule has 0 aliphatic heterocycles. The summed E-state index contributed by atoms with van der Waals surface area (Å²) in [4.78, 5) is 0. The highest BCUT2D eigenvalue weighted by Crippen LogP contribution is 2.41. The quantitative estimate of drug-likeness (QED) is 0.690. The van der Waals surface area contributed by atoms with Gasteiger partial charge in [-0.05, 0) is 55.2 Å². The van der Waals surface area contributed by atoms with E-state index in [1.54, 1.807) is 11.1 Å². The van der Waals surface area contributed by atoms with Crippen LogP contribution in [0.25, 0.3) is 0 Å². The van der Waals surface area contributed by atoms with Crippen LogP contribution in [0.1, 0.15) is 87.8 Å². The maximum atomic E-state index is 3.86. The Morgan fingerprint density at radius 1 is 1.05 bits per heavy atom. The number of rotatable bonds is 7. The highest BCUT2D eigenvalue weighted by molar-refractivity contribution is 5.34. The lowest BCUT2D eigenvalue weighted by Gasteiger charge is -2.32. The van der Waals surface area contributed by atoms with Crippen LogP contribution >= 0.6 is 0 Å². The molecule has 0 bridgehead atoms. The zero-order valence-corrected chi connectivity index (χ0v) is 13.6. The van der Waals surface area contributed by atoms with E-state index in [1.807, 2.05) is 0 Å². The van der Waals surface area contributed by atoms with Crippen LogP contribution in [0.3, 0.4) is 0 Å². The number of benzene rings is 1. The van der Waals surface area contributed by atoms with E-state index in [2.05, 4.69) is 36.5 Å². The molecular formula is C20H31N. The topological polar surface area (TPSA) is 12.0 Å². The van der Waals surface area contributed by atoms with Crippen molar-refractivity contribution in [2.75, 3.05) is 6.54 Å². The van der Waals surface area contributed by atoms with Gasteiger partial charge in [-0.15, -0.1) is 0 Å². The summed E-state index contributed by atoms with van der Waals surface area (Å²) in [7, 11) is 0. The van der Waals surface area contributed by atoms with Gasteiger partial charge in [-0.25, -0.2) is 0 Å².